The number of hydrogen-bond acceptors (Lipinski definition) is 6. The number of nitrogens with one attached hydrogen (secondary N) is 2. The van der Waals surface area contributed by atoms with Crippen LogP contribution in [0.15, 0.2) is 85.2 Å². The number of amides is 1. The molecule has 4 rings (SSSR count). The molecule has 0 radical (unpaired) electrons. The van der Waals surface area contributed by atoms with E-state index < -0.39 is 6.04 Å². The van der Waals surface area contributed by atoms with Crippen molar-refractivity contribution in [2.24, 2.45) is 0 Å². The van der Waals surface area contributed by atoms with Crippen molar-refractivity contribution >= 4 is 23.0 Å². The van der Waals surface area contributed by atoms with E-state index in [1.54, 1.807) is 67.0 Å². The number of carbonyl (C=O) groups excluding carboxylic acids is 1. The molecule has 0 aliphatic rings. The SMILES string of the molecule is N#Cc1cccc(-c2ccc(C(=O)NC(CC(=N)c3cccnc3)c3ccccc3O)s2)c1. The minimum Gasteiger partial charge on any atom is -0.508 e. The lowest BCUT2D eigenvalue weighted by atomic mass is 9.97. The van der Waals surface area contributed by atoms with Gasteiger partial charge in [0.2, 0.25) is 0 Å². The molecule has 2 aromatic heterocycles. The van der Waals surface area contributed by atoms with Crippen LogP contribution in [0.2, 0.25) is 0 Å². The third kappa shape index (κ3) is 5.14. The number of rotatable bonds is 7. The number of phenols is 1. The van der Waals surface area contributed by atoms with Gasteiger partial charge >= 0.3 is 0 Å². The van der Waals surface area contributed by atoms with Crippen LogP contribution in [0.25, 0.3) is 10.4 Å². The molecule has 1 unspecified atom stereocenters. The van der Waals surface area contributed by atoms with Gasteiger partial charge in [-0.2, -0.15) is 5.26 Å². The number of nitriles is 1. The molecule has 6 nitrogen and oxygen atoms in total. The van der Waals surface area contributed by atoms with E-state index in [2.05, 4.69) is 16.4 Å². The van der Waals surface area contributed by atoms with Crippen molar-refractivity contribution in [2.75, 3.05) is 0 Å². The van der Waals surface area contributed by atoms with Gasteiger partial charge in [0.05, 0.1) is 22.6 Å². The Labute approximate surface area is 195 Å². The van der Waals surface area contributed by atoms with Gasteiger partial charge in [0.15, 0.2) is 0 Å². The maximum atomic E-state index is 13.1. The van der Waals surface area contributed by atoms with Crippen molar-refractivity contribution in [2.45, 2.75) is 12.5 Å². The second-order valence-corrected chi connectivity index (χ2v) is 8.45. The zero-order valence-electron chi connectivity index (χ0n) is 17.5. The first kappa shape index (κ1) is 21.9. The molecule has 0 bridgehead atoms. The van der Waals surface area contributed by atoms with Crippen LogP contribution < -0.4 is 5.32 Å². The predicted octanol–water partition coefficient (Wildman–Crippen LogP) is 5.32. The van der Waals surface area contributed by atoms with Gasteiger partial charge in [-0.05, 0) is 42.0 Å². The number of para-hydroxylation sites is 1. The summed E-state index contributed by atoms with van der Waals surface area (Å²) in [5.74, 6) is -0.239. The van der Waals surface area contributed by atoms with Crippen LogP contribution in [0, 0.1) is 16.7 Å². The Hall–Kier alpha value is -4.28. The number of nitrogens with zero attached hydrogens (tertiary/aromatic N) is 2. The summed E-state index contributed by atoms with van der Waals surface area (Å²) in [7, 11) is 0. The van der Waals surface area contributed by atoms with E-state index >= 15 is 0 Å². The fourth-order valence-corrected chi connectivity index (χ4v) is 4.38. The molecule has 2 aromatic carbocycles. The van der Waals surface area contributed by atoms with Crippen LogP contribution in [0.1, 0.15) is 38.8 Å². The first-order valence-corrected chi connectivity index (χ1v) is 11.0. The fraction of sp³-hybridized carbons (Fsp3) is 0.0769. The average Bonchev–Trinajstić information content (AvgIpc) is 3.35. The smallest absolute Gasteiger partial charge is 0.261 e. The van der Waals surface area contributed by atoms with E-state index in [9.17, 15) is 9.90 Å². The normalized spacial score (nSPS) is 11.4. The van der Waals surface area contributed by atoms with Crippen LogP contribution in [-0.4, -0.2) is 21.7 Å². The number of pyridine rings is 1. The van der Waals surface area contributed by atoms with Crippen molar-refractivity contribution < 1.29 is 9.90 Å². The molecule has 1 atom stereocenters. The molecular weight excluding hydrogens is 432 g/mol. The Morgan fingerprint density at radius 3 is 2.73 bits per heavy atom. The molecule has 0 aliphatic heterocycles. The Kier molecular flexibility index (Phi) is 6.58. The van der Waals surface area contributed by atoms with Crippen LogP contribution in [0.3, 0.4) is 0 Å². The van der Waals surface area contributed by atoms with Crippen molar-refractivity contribution in [3.8, 4) is 22.3 Å². The molecule has 2 heterocycles. The molecule has 33 heavy (non-hydrogen) atoms. The van der Waals surface area contributed by atoms with Crippen molar-refractivity contribution in [1.82, 2.24) is 10.3 Å². The predicted molar refractivity (Wildman–Crippen MR) is 128 cm³/mol. The summed E-state index contributed by atoms with van der Waals surface area (Å²) < 4.78 is 0. The third-order valence-corrected chi connectivity index (χ3v) is 6.27. The Balaban J connectivity index is 1.58. The third-order valence-electron chi connectivity index (χ3n) is 5.14. The molecule has 3 N–H and O–H groups in total. The number of hydrogen-bond donors (Lipinski definition) is 3. The summed E-state index contributed by atoms with van der Waals surface area (Å²) >= 11 is 1.32. The molecule has 0 saturated heterocycles. The molecular formula is C26H20N4O2S. The molecule has 4 aromatic rings. The molecule has 0 saturated carbocycles. The van der Waals surface area contributed by atoms with E-state index in [0.29, 0.717) is 27.3 Å². The topological polar surface area (TPSA) is 110 Å². The lowest BCUT2D eigenvalue weighted by Gasteiger charge is -2.20. The summed E-state index contributed by atoms with van der Waals surface area (Å²) in [6.07, 6.45) is 3.43. The van der Waals surface area contributed by atoms with Crippen LogP contribution >= 0.6 is 11.3 Å². The number of thiophene rings is 1. The summed E-state index contributed by atoms with van der Waals surface area (Å²) in [5.41, 5.74) is 2.92. The monoisotopic (exact) mass is 452 g/mol. The number of aromatic hydroxyl groups is 1. The van der Waals surface area contributed by atoms with Crippen LogP contribution in [0.5, 0.6) is 5.75 Å². The lowest BCUT2D eigenvalue weighted by Crippen LogP contribution is -2.29. The van der Waals surface area contributed by atoms with E-state index in [4.69, 9.17) is 10.7 Å². The van der Waals surface area contributed by atoms with Crippen molar-refractivity contribution in [1.29, 1.82) is 10.7 Å². The standard InChI is InChI=1S/C26H20N4O2S/c27-15-17-5-3-6-18(13-17)24-10-11-25(33-24)26(32)30-22(20-8-1-2-9-23(20)31)14-21(28)19-7-4-12-29-16-19/h1-13,16,22,28,31H,14H2,(H,30,32). The van der Waals surface area contributed by atoms with Gasteiger partial charge in [-0.3, -0.25) is 9.78 Å². The minimum absolute atomic E-state index is 0.0574. The molecule has 0 fully saturated rings. The summed E-state index contributed by atoms with van der Waals surface area (Å²) in [5, 5.41) is 31.0. The maximum Gasteiger partial charge on any atom is 0.261 e. The first-order valence-electron chi connectivity index (χ1n) is 10.2. The van der Waals surface area contributed by atoms with Crippen LogP contribution in [0.4, 0.5) is 0 Å². The highest BCUT2D eigenvalue weighted by Crippen LogP contribution is 2.31. The quantitative estimate of drug-likeness (QED) is 0.330. The Morgan fingerprint density at radius 2 is 1.97 bits per heavy atom. The van der Waals surface area contributed by atoms with Gasteiger partial charge in [0.1, 0.15) is 5.75 Å². The highest BCUT2D eigenvalue weighted by atomic mass is 32.1. The highest BCUT2D eigenvalue weighted by molar-refractivity contribution is 7.17. The Morgan fingerprint density at radius 1 is 1.12 bits per heavy atom. The first-order chi connectivity index (χ1) is 16.0. The molecule has 0 aliphatic carbocycles. The second kappa shape index (κ2) is 9.90. The summed E-state index contributed by atoms with van der Waals surface area (Å²) in [6.45, 7) is 0. The number of benzene rings is 2. The average molecular weight is 453 g/mol. The maximum absolute atomic E-state index is 13.1. The van der Waals surface area contributed by atoms with Gasteiger partial charge in [0, 0.05) is 40.5 Å². The van der Waals surface area contributed by atoms with Crippen LogP contribution in [-0.2, 0) is 0 Å². The minimum atomic E-state index is -0.598. The zero-order chi connectivity index (χ0) is 23.2. The van der Waals surface area contributed by atoms with Crippen molar-refractivity contribution in [3.05, 3.63) is 107 Å². The fourth-order valence-electron chi connectivity index (χ4n) is 3.47. The molecule has 7 heteroatoms. The zero-order valence-corrected chi connectivity index (χ0v) is 18.3. The summed E-state index contributed by atoms with van der Waals surface area (Å²) in [6, 6.07) is 22.7. The Bertz CT molecular complexity index is 1340. The van der Waals surface area contributed by atoms with E-state index in [-0.39, 0.29) is 18.1 Å². The number of carbonyl (C=O) groups is 1. The molecule has 1 amide bonds. The van der Waals surface area contributed by atoms with E-state index in [1.165, 1.54) is 11.3 Å². The second-order valence-electron chi connectivity index (χ2n) is 7.37. The van der Waals surface area contributed by atoms with Gasteiger partial charge < -0.3 is 15.8 Å². The van der Waals surface area contributed by atoms with E-state index in [1.807, 2.05) is 18.2 Å². The summed E-state index contributed by atoms with van der Waals surface area (Å²) in [4.78, 5) is 18.5. The number of aromatic nitrogens is 1. The van der Waals surface area contributed by atoms with Crippen molar-refractivity contribution in [3.63, 3.8) is 0 Å². The lowest BCUT2D eigenvalue weighted by molar-refractivity contribution is 0.0941. The van der Waals surface area contributed by atoms with E-state index in [0.717, 1.165) is 10.4 Å². The van der Waals surface area contributed by atoms with Gasteiger partial charge in [0.25, 0.3) is 5.91 Å². The van der Waals surface area contributed by atoms with Gasteiger partial charge in [-0.1, -0.05) is 36.4 Å². The largest absolute Gasteiger partial charge is 0.508 e. The van der Waals surface area contributed by atoms with Gasteiger partial charge in [-0.15, -0.1) is 11.3 Å². The molecule has 162 valence electrons. The van der Waals surface area contributed by atoms with Gasteiger partial charge in [-0.25, -0.2) is 0 Å². The number of phenolic OH excluding ortho intramolecular Hbond substituents is 1. The highest BCUT2D eigenvalue weighted by Gasteiger charge is 2.22. The molecule has 0 spiro atoms.